The van der Waals surface area contributed by atoms with E-state index in [0.717, 1.165) is 12.1 Å². The molecule has 0 aliphatic heterocycles. The SMILES string of the molecule is O=C(c1c(Cl)cccc1[N+](=O)[O-])C(F)F. The number of benzene rings is 1. The van der Waals surface area contributed by atoms with Crippen LogP contribution in [0.25, 0.3) is 0 Å². The normalized spacial score (nSPS) is 10.4. The Hall–Kier alpha value is -1.56. The lowest BCUT2D eigenvalue weighted by atomic mass is 10.1. The van der Waals surface area contributed by atoms with Crippen molar-refractivity contribution >= 4 is 23.1 Å². The van der Waals surface area contributed by atoms with Gasteiger partial charge in [0.25, 0.3) is 5.69 Å². The molecule has 0 spiro atoms. The van der Waals surface area contributed by atoms with E-state index < -0.39 is 28.4 Å². The number of Topliss-reactive ketones (excluding diaryl/α,β-unsaturated/α-hetero) is 1. The van der Waals surface area contributed by atoms with Gasteiger partial charge in [-0.3, -0.25) is 14.9 Å². The van der Waals surface area contributed by atoms with Crippen molar-refractivity contribution in [3.05, 3.63) is 38.9 Å². The zero-order valence-electron chi connectivity index (χ0n) is 7.12. The molecular formula is C8H4ClF2NO3. The number of carbonyl (C=O) groups excluding carboxylic acids is 1. The molecule has 1 aromatic rings. The average Bonchev–Trinajstić information content (AvgIpc) is 2.16. The standard InChI is InChI=1S/C8H4ClF2NO3/c9-4-2-1-3-5(12(14)15)6(4)7(13)8(10)11/h1-3,8H. The van der Waals surface area contributed by atoms with Crippen LogP contribution in [-0.2, 0) is 0 Å². The van der Waals surface area contributed by atoms with E-state index in [1.165, 1.54) is 6.07 Å². The van der Waals surface area contributed by atoms with Crippen molar-refractivity contribution in [1.82, 2.24) is 0 Å². The number of hydrogen-bond acceptors (Lipinski definition) is 3. The number of carbonyl (C=O) groups is 1. The van der Waals surface area contributed by atoms with Gasteiger partial charge in [-0.15, -0.1) is 0 Å². The molecule has 0 aliphatic rings. The maximum atomic E-state index is 12.1. The molecule has 0 N–H and O–H groups in total. The summed E-state index contributed by atoms with van der Waals surface area (Å²) < 4.78 is 24.2. The molecule has 7 heteroatoms. The molecule has 0 amide bonds. The summed E-state index contributed by atoms with van der Waals surface area (Å²) in [6.45, 7) is 0. The number of nitro groups is 1. The summed E-state index contributed by atoms with van der Waals surface area (Å²) in [5.74, 6) is -1.65. The van der Waals surface area contributed by atoms with Crippen molar-refractivity contribution in [3.8, 4) is 0 Å². The second-order valence-electron chi connectivity index (χ2n) is 2.56. The van der Waals surface area contributed by atoms with Crippen molar-refractivity contribution in [2.75, 3.05) is 0 Å². The molecule has 0 heterocycles. The van der Waals surface area contributed by atoms with Gasteiger partial charge in [-0.05, 0) is 6.07 Å². The van der Waals surface area contributed by atoms with E-state index >= 15 is 0 Å². The number of ketones is 1. The van der Waals surface area contributed by atoms with E-state index in [-0.39, 0.29) is 5.02 Å². The first kappa shape index (κ1) is 11.5. The molecule has 0 aliphatic carbocycles. The maximum absolute atomic E-state index is 12.1. The van der Waals surface area contributed by atoms with Gasteiger partial charge in [0.1, 0.15) is 5.56 Å². The highest BCUT2D eigenvalue weighted by atomic mass is 35.5. The van der Waals surface area contributed by atoms with Crippen molar-refractivity contribution in [2.45, 2.75) is 6.43 Å². The molecule has 1 rings (SSSR count). The van der Waals surface area contributed by atoms with E-state index in [2.05, 4.69) is 0 Å². The maximum Gasteiger partial charge on any atom is 0.300 e. The third kappa shape index (κ3) is 2.27. The summed E-state index contributed by atoms with van der Waals surface area (Å²) in [6.07, 6.45) is -3.32. The van der Waals surface area contributed by atoms with Crippen LogP contribution in [0.2, 0.25) is 5.02 Å². The quantitative estimate of drug-likeness (QED) is 0.460. The predicted octanol–water partition coefficient (Wildman–Crippen LogP) is 2.70. The van der Waals surface area contributed by atoms with Gasteiger partial charge in [-0.2, -0.15) is 0 Å². The van der Waals surface area contributed by atoms with Crippen LogP contribution in [0.3, 0.4) is 0 Å². The molecule has 0 saturated carbocycles. The molecule has 4 nitrogen and oxygen atoms in total. The van der Waals surface area contributed by atoms with Gasteiger partial charge in [0.2, 0.25) is 5.78 Å². The van der Waals surface area contributed by atoms with Crippen LogP contribution >= 0.6 is 11.6 Å². The van der Waals surface area contributed by atoms with Crippen molar-refractivity contribution in [2.24, 2.45) is 0 Å². The number of nitrogens with zero attached hydrogens (tertiary/aromatic N) is 1. The third-order valence-corrected chi connectivity index (χ3v) is 1.95. The van der Waals surface area contributed by atoms with Gasteiger partial charge in [0.15, 0.2) is 0 Å². The Bertz CT molecular complexity index is 422. The molecule has 0 bridgehead atoms. The summed E-state index contributed by atoms with van der Waals surface area (Å²) in [5.41, 5.74) is -1.47. The molecule has 80 valence electrons. The van der Waals surface area contributed by atoms with Gasteiger partial charge < -0.3 is 0 Å². The van der Waals surface area contributed by atoms with E-state index in [1.807, 2.05) is 0 Å². The molecule has 0 atom stereocenters. The summed E-state index contributed by atoms with van der Waals surface area (Å²) >= 11 is 5.45. The Kier molecular flexibility index (Phi) is 3.31. The van der Waals surface area contributed by atoms with Crippen molar-refractivity contribution in [3.63, 3.8) is 0 Å². The molecule has 0 fully saturated rings. The Morgan fingerprint density at radius 2 is 2.07 bits per heavy atom. The Labute approximate surface area is 87.6 Å². The number of alkyl halides is 2. The fourth-order valence-electron chi connectivity index (χ4n) is 1.02. The van der Waals surface area contributed by atoms with Crippen LogP contribution in [0, 0.1) is 10.1 Å². The minimum atomic E-state index is -3.32. The lowest BCUT2D eigenvalue weighted by Gasteiger charge is -2.02. The van der Waals surface area contributed by atoms with E-state index in [9.17, 15) is 23.7 Å². The van der Waals surface area contributed by atoms with Crippen molar-refractivity contribution < 1.29 is 18.5 Å². The zero-order valence-corrected chi connectivity index (χ0v) is 7.87. The van der Waals surface area contributed by atoms with Crippen LogP contribution in [0.1, 0.15) is 10.4 Å². The predicted molar refractivity (Wildman–Crippen MR) is 48.4 cm³/mol. The third-order valence-electron chi connectivity index (χ3n) is 1.63. The van der Waals surface area contributed by atoms with Crippen LogP contribution < -0.4 is 0 Å². The highest BCUT2D eigenvalue weighted by Gasteiger charge is 2.28. The molecular weight excluding hydrogens is 232 g/mol. The van der Waals surface area contributed by atoms with E-state index in [0.29, 0.717) is 0 Å². The van der Waals surface area contributed by atoms with E-state index in [1.54, 1.807) is 0 Å². The average molecular weight is 236 g/mol. The largest absolute Gasteiger partial charge is 0.300 e. The Balaban J connectivity index is 3.37. The van der Waals surface area contributed by atoms with Crippen LogP contribution in [0.15, 0.2) is 18.2 Å². The fourth-order valence-corrected chi connectivity index (χ4v) is 1.28. The fraction of sp³-hybridized carbons (Fsp3) is 0.125. The summed E-state index contributed by atoms with van der Waals surface area (Å²) in [7, 11) is 0. The first-order chi connectivity index (χ1) is 6.95. The van der Waals surface area contributed by atoms with Gasteiger partial charge in [0.05, 0.1) is 9.95 Å². The highest BCUT2D eigenvalue weighted by Crippen LogP contribution is 2.28. The minimum absolute atomic E-state index is 0.352. The Morgan fingerprint density at radius 3 is 2.53 bits per heavy atom. The lowest BCUT2D eigenvalue weighted by Crippen LogP contribution is -2.13. The number of hydrogen-bond donors (Lipinski definition) is 0. The van der Waals surface area contributed by atoms with Crippen LogP contribution in [-0.4, -0.2) is 17.1 Å². The summed E-state index contributed by atoms with van der Waals surface area (Å²) in [5, 5.41) is 10.1. The van der Waals surface area contributed by atoms with Gasteiger partial charge >= 0.3 is 6.43 Å². The minimum Gasteiger partial charge on any atom is -0.287 e. The van der Waals surface area contributed by atoms with Gasteiger partial charge in [-0.25, -0.2) is 8.78 Å². The lowest BCUT2D eigenvalue weighted by molar-refractivity contribution is -0.385. The summed E-state index contributed by atoms with van der Waals surface area (Å²) in [4.78, 5) is 20.5. The van der Waals surface area contributed by atoms with Gasteiger partial charge in [-0.1, -0.05) is 17.7 Å². The van der Waals surface area contributed by atoms with E-state index in [4.69, 9.17) is 11.6 Å². The molecule has 0 radical (unpaired) electrons. The van der Waals surface area contributed by atoms with Crippen molar-refractivity contribution in [1.29, 1.82) is 0 Å². The second kappa shape index (κ2) is 4.31. The molecule has 1 aromatic carbocycles. The second-order valence-corrected chi connectivity index (χ2v) is 2.96. The molecule has 0 saturated heterocycles. The smallest absolute Gasteiger partial charge is 0.287 e. The number of halogens is 3. The van der Waals surface area contributed by atoms with Crippen LogP contribution in [0.5, 0.6) is 0 Å². The first-order valence-electron chi connectivity index (χ1n) is 3.70. The molecule has 0 aromatic heterocycles. The number of rotatable bonds is 3. The van der Waals surface area contributed by atoms with Gasteiger partial charge in [0, 0.05) is 6.07 Å². The zero-order chi connectivity index (χ0) is 11.6. The first-order valence-corrected chi connectivity index (χ1v) is 4.08. The van der Waals surface area contributed by atoms with Crippen LogP contribution in [0.4, 0.5) is 14.5 Å². The highest BCUT2D eigenvalue weighted by molar-refractivity contribution is 6.34. The monoisotopic (exact) mass is 235 g/mol. The summed E-state index contributed by atoms with van der Waals surface area (Å²) in [6, 6.07) is 3.30. The molecule has 0 unspecified atom stereocenters. The Morgan fingerprint density at radius 1 is 1.47 bits per heavy atom. The topological polar surface area (TPSA) is 60.2 Å². The number of nitro benzene ring substituents is 1. The molecule has 15 heavy (non-hydrogen) atoms.